The van der Waals surface area contributed by atoms with Crippen molar-refractivity contribution < 1.29 is 19.0 Å². The molecule has 2 aromatic carbocycles. The molecule has 0 saturated heterocycles. The van der Waals surface area contributed by atoms with E-state index in [1.165, 1.54) is 11.3 Å². The molecule has 8 heteroatoms. The summed E-state index contributed by atoms with van der Waals surface area (Å²) in [7, 11) is 3.19. The first-order valence-electron chi connectivity index (χ1n) is 11.5. The lowest BCUT2D eigenvalue weighted by atomic mass is 10.2. The normalized spacial score (nSPS) is 11.4. The fourth-order valence-corrected chi connectivity index (χ4v) is 4.59. The number of carbonyl (C=O) groups excluding carboxylic acids is 1. The Kier molecular flexibility index (Phi) is 9.30. The van der Waals surface area contributed by atoms with Crippen LogP contribution in [0.25, 0.3) is 16.3 Å². The van der Waals surface area contributed by atoms with Crippen LogP contribution in [-0.4, -0.2) is 62.8 Å². The van der Waals surface area contributed by atoms with Crippen LogP contribution >= 0.6 is 11.3 Å². The monoisotopic (exact) mass is 483 g/mol. The molecule has 1 heterocycles. The van der Waals surface area contributed by atoms with Gasteiger partial charge in [-0.15, -0.1) is 0 Å². The second-order valence-electron chi connectivity index (χ2n) is 7.52. The molecule has 0 unspecified atom stereocenters. The van der Waals surface area contributed by atoms with Gasteiger partial charge in [0.1, 0.15) is 5.75 Å². The third-order valence-corrected chi connectivity index (χ3v) is 6.56. The second-order valence-corrected chi connectivity index (χ2v) is 8.53. The first-order valence-corrected chi connectivity index (χ1v) is 12.3. The summed E-state index contributed by atoms with van der Waals surface area (Å²) in [6.07, 6.45) is 3.37. The van der Waals surface area contributed by atoms with Crippen LogP contribution in [0.4, 0.5) is 5.13 Å². The highest BCUT2D eigenvalue weighted by Gasteiger charge is 2.19. The maximum Gasteiger partial charge on any atom is 0.252 e. The Labute approximate surface area is 205 Å². The molecule has 0 spiro atoms. The SMILES string of the molecule is CCOc1ccc2nc(N(CCN(CC)CC)C(=O)/C=C/c3ccc(OC)c(OC)c3)sc2c1. The minimum Gasteiger partial charge on any atom is -0.494 e. The van der Waals surface area contributed by atoms with Crippen molar-refractivity contribution in [2.24, 2.45) is 0 Å². The summed E-state index contributed by atoms with van der Waals surface area (Å²) in [6.45, 7) is 9.99. The molecule has 1 amide bonds. The number of ether oxygens (including phenoxy) is 3. The lowest BCUT2D eigenvalue weighted by molar-refractivity contribution is -0.114. The largest absolute Gasteiger partial charge is 0.494 e. The molecule has 34 heavy (non-hydrogen) atoms. The maximum absolute atomic E-state index is 13.3. The Morgan fingerprint density at radius 1 is 1.00 bits per heavy atom. The van der Waals surface area contributed by atoms with Crippen LogP contribution in [-0.2, 0) is 4.79 Å². The minimum atomic E-state index is -0.119. The zero-order valence-corrected chi connectivity index (χ0v) is 21.4. The van der Waals surface area contributed by atoms with Gasteiger partial charge in [0.05, 0.1) is 31.0 Å². The number of thiazole rings is 1. The summed E-state index contributed by atoms with van der Waals surface area (Å²) >= 11 is 1.50. The molecule has 0 saturated carbocycles. The van der Waals surface area contributed by atoms with Crippen LogP contribution in [0.2, 0.25) is 0 Å². The molecular formula is C26H33N3O4S. The Morgan fingerprint density at radius 3 is 2.44 bits per heavy atom. The number of amides is 1. The van der Waals surface area contributed by atoms with Gasteiger partial charge in [-0.2, -0.15) is 0 Å². The van der Waals surface area contributed by atoms with E-state index >= 15 is 0 Å². The van der Waals surface area contributed by atoms with Crippen molar-refractivity contribution in [3.8, 4) is 17.2 Å². The average molecular weight is 484 g/mol. The Hall–Kier alpha value is -3.10. The lowest BCUT2D eigenvalue weighted by Crippen LogP contribution is -2.38. The molecule has 7 nitrogen and oxygen atoms in total. The van der Waals surface area contributed by atoms with Crippen LogP contribution in [0.5, 0.6) is 17.2 Å². The summed E-state index contributed by atoms with van der Waals surface area (Å²) in [5.74, 6) is 1.95. The van der Waals surface area contributed by atoms with E-state index in [1.54, 1.807) is 31.3 Å². The number of likely N-dealkylation sites (N-methyl/N-ethyl adjacent to an activating group) is 1. The van der Waals surface area contributed by atoms with Gasteiger partial charge in [-0.3, -0.25) is 9.69 Å². The van der Waals surface area contributed by atoms with Crippen LogP contribution < -0.4 is 19.1 Å². The zero-order chi connectivity index (χ0) is 24.5. The van der Waals surface area contributed by atoms with Gasteiger partial charge >= 0.3 is 0 Å². The number of aromatic nitrogens is 1. The average Bonchev–Trinajstić information content (AvgIpc) is 3.28. The van der Waals surface area contributed by atoms with Crippen molar-refractivity contribution >= 4 is 38.7 Å². The van der Waals surface area contributed by atoms with E-state index in [2.05, 4.69) is 18.7 Å². The van der Waals surface area contributed by atoms with Gasteiger partial charge in [-0.1, -0.05) is 31.3 Å². The molecule has 1 aromatic heterocycles. The molecule has 0 aliphatic carbocycles. The fourth-order valence-electron chi connectivity index (χ4n) is 3.56. The van der Waals surface area contributed by atoms with Gasteiger partial charge in [-0.05, 0) is 62.0 Å². The summed E-state index contributed by atoms with van der Waals surface area (Å²) in [5.41, 5.74) is 1.70. The molecule has 0 aliphatic heterocycles. The van der Waals surface area contributed by atoms with E-state index in [1.807, 2.05) is 43.3 Å². The van der Waals surface area contributed by atoms with Gasteiger partial charge in [0, 0.05) is 19.2 Å². The fraction of sp³-hybridized carbons (Fsp3) is 0.385. The van der Waals surface area contributed by atoms with E-state index in [9.17, 15) is 4.79 Å². The number of hydrogen-bond donors (Lipinski definition) is 0. The molecule has 0 fully saturated rings. The standard InChI is InChI=1S/C26H33N3O4S/c1-6-28(7-2)15-16-29(26-27-21-12-11-20(33-8-3)18-24(21)34-26)25(30)14-10-19-9-13-22(31-4)23(17-19)32-5/h9-14,17-18H,6-8,15-16H2,1-5H3/b14-10+. The lowest BCUT2D eigenvalue weighted by Gasteiger charge is -2.23. The Balaban J connectivity index is 1.88. The van der Waals surface area contributed by atoms with E-state index in [0.717, 1.165) is 41.2 Å². The third-order valence-electron chi connectivity index (χ3n) is 5.52. The van der Waals surface area contributed by atoms with Crippen molar-refractivity contribution in [3.05, 3.63) is 48.0 Å². The van der Waals surface area contributed by atoms with E-state index in [-0.39, 0.29) is 5.91 Å². The van der Waals surface area contributed by atoms with Crippen molar-refractivity contribution in [2.45, 2.75) is 20.8 Å². The number of benzene rings is 2. The first kappa shape index (κ1) is 25.5. The van der Waals surface area contributed by atoms with Crippen molar-refractivity contribution in [1.29, 1.82) is 0 Å². The number of hydrogen-bond acceptors (Lipinski definition) is 7. The smallest absolute Gasteiger partial charge is 0.252 e. The van der Waals surface area contributed by atoms with Gasteiger partial charge in [0.15, 0.2) is 16.6 Å². The summed E-state index contributed by atoms with van der Waals surface area (Å²) < 4.78 is 17.3. The summed E-state index contributed by atoms with van der Waals surface area (Å²) in [6, 6.07) is 11.4. The third kappa shape index (κ3) is 6.27. The summed E-state index contributed by atoms with van der Waals surface area (Å²) in [4.78, 5) is 22.1. The first-order chi connectivity index (χ1) is 16.5. The molecule has 0 atom stereocenters. The molecule has 0 radical (unpaired) electrons. The number of rotatable bonds is 12. The van der Waals surface area contributed by atoms with Crippen molar-refractivity contribution in [1.82, 2.24) is 9.88 Å². The number of fused-ring (bicyclic) bond motifs is 1. The minimum absolute atomic E-state index is 0.119. The van der Waals surface area contributed by atoms with Gasteiger partial charge < -0.3 is 19.1 Å². The van der Waals surface area contributed by atoms with Crippen LogP contribution in [0, 0.1) is 0 Å². The number of methoxy groups -OCH3 is 2. The second kappa shape index (κ2) is 12.4. The van der Waals surface area contributed by atoms with E-state index < -0.39 is 0 Å². The predicted octanol–water partition coefficient (Wildman–Crippen LogP) is 5.10. The highest BCUT2D eigenvalue weighted by molar-refractivity contribution is 7.22. The highest BCUT2D eigenvalue weighted by atomic mass is 32.1. The van der Waals surface area contributed by atoms with Crippen molar-refractivity contribution in [3.63, 3.8) is 0 Å². The van der Waals surface area contributed by atoms with Gasteiger partial charge in [-0.25, -0.2) is 4.98 Å². The van der Waals surface area contributed by atoms with E-state index in [4.69, 9.17) is 19.2 Å². The van der Waals surface area contributed by atoms with Crippen LogP contribution in [0.15, 0.2) is 42.5 Å². The molecule has 0 N–H and O–H groups in total. The zero-order valence-electron chi connectivity index (χ0n) is 20.5. The molecule has 3 rings (SSSR count). The van der Waals surface area contributed by atoms with Gasteiger partial charge in [0.25, 0.3) is 5.91 Å². The topological polar surface area (TPSA) is 64.1 Å². The van der Waals surface area contributed by atoms with Gasteiger partial charge in [0.2, 0.25) is 0 Å². The highest BCUT2D eigenvalue weighted by Crippen LogP contribution is 2.32. The molecule has 3 aromatic rings. The number of anilines is 1. The predicted molar refractivity (Wildman–Crippen MR) is 140 cm³/mol. The van der Waals surface area contributed by atoms with Crippen molar-refractivity contribution in [2.75, 3.05) is 51.9 Å². The Bertz CT molecular complexity index is 1120. The Morgan fingerprint density at radius 2 is 1.76 bits per heavy atom. The van der Waals surface area contributed by atoms with Crippen LogP contribution in [0.3, 0.4) is 0 Å². The molecule has 0 aliphatic rings. The number of carbonyl (C=O) groups is 1. The molecule has 182 valence electrons. The maximum atomic E-state index is 13.3. The molecule has 0 bridgehead atoms. The van der Waals surface area contributed by atoms with Crippen LogP contribution in [0.1, 0.15) is 26.3 Å². The number of nitrogens with zero attached hydrogens (tertiary/aromatic N) is 3. The quantitative estimate of drug-likeness (QED) is 0.334. The molecular weight excluding hydrogens is 450 g/mol. The summed E-state index contributed by atoms with van der Waals surface area (Å²) in [5, 5.41) is 0.678. The van der Waals surface area contributed by atoms with E-state index in [0.29, 0.717) is 29.8 Å².